The SMILES string of the molecule is CCCSc1nnc2c(n1)O[C@@H]([C@H]1CC=C(C)C[C@@H]1C)Nc1ccccc1-2. The van der Waals surface area contributed by atoms with Gasteiger partial charge in [0.15, 0.2) is 11.9 Å². The zero-order chi connectivity index (χ0) is 18.8. The quantitative estimate of drug-likeness (QED) is 0.582. The summed E-state index contributed by atoms with van der Waals surface area (Å²) < 4.78 is 6.44. The molecule has 3 atom stereocenters. The van der Waals surface area contributed by atoms with Gasteiger partial charge in [-0.1, -0.05) is 55.5 Å². The van der Waals surface area contributed by atoms with E-state index in [-0.39, 0.29) is 6.23 Å². The Kier molecular flexibility index (Phi) is 5.34. The van der Waals surface area contributed by atoms with Crippen LogP contribution in [0.15, 0.2) is 41.1 Å². The van der Waals surface area contributed by atoms with E-state index in [1.54, 1.807) is 11.8 Å². The molecule has 1 aromatic carbocycles. The number of fused-ring (bicyclic) bond motifs is 3. The monoisotopic (exact) mass is 382 g/mol. The normalized spacial score (nSPS) is 24.0. The molecule has 0 radical (unpaired) electrons. The number of ether oxygens (including phenoxy) is 1. The van der Waals surface area contributed by atoms with Gasteiger partial charge in [0.25, 0.3) is 0 Å². The number of allylic oxidation sites excluding steroid dienone is 2. The highest BCUT2D eigenvalue weighted by atomic mass is 32.2. The van der Waals surface area contributed by atoms with Crippen molar-refractivity contribution in [2.75, 3.05) is 11.1 Å². The molecule has 0 amide bonds. The molecular formula is C21H26N4OS. The molecule has 0 unspecified atom stereocenters. The molecule has 5 nitrogen and oxygen atoms in total. The highest BCUT2D eigenvalue weighted by molar-refractivity contribution is 7.99. The lowest BCUT2D eigenvalue weighted by Gasteiger charge is -2.34. The number of anilines is 1. The van der Waals surface area contributed by atoms with Crippen LogP contribution in [0.4, 0.5) is 5.69 Å². The van der Waals surface area contributed by atoms with E-state index >= 15 is 0 Å². The van der Waals surface area contributed by atoms with Crippen LogP contribution in [-0.4, -0.2) is 27.2 Å². The van der Waals surface area contributed by atoms with Gasteiger partial charge in [0, 0.05) is 22.9 Å². The van der Waals surface area contributed by atoms with Gasteiger partial charge in [-0.25, -0.2) is 0 Å². The summed E-state index contributed by atoms with van der Waals surface area (Å²) in [5.74, 6) is 2.49. The van der Waals surface area contributed by atoms with Crippen molar-refractivity contribution >= 4 is 17.4 Å². The number of hydrogen-bond acceptors (Lipinski definition) is 6. The number of benzene rings is 1. The van der Waals surface area contributed by atoms with Crippen molar-refractivity contribution in [3.63, 3.8) is 0 Å². The molecule has 6 heteroatoms. The molecule has 1 aliphatic heterocycles. The summed E-state index contributed by atoms with van der Waals surface area (Å²) in [6, 6.07) is 8.18. The van der Waals surface area contributed by atoms with Crippen LogP contribution < -0.4 is 10.1 Å². The Labute approximate surface area is 165 Å². The van der Waals surface area contributed by atoms with E-state index < -0.39 is 0 Å². The minimum absolute atomic E-state index is 0.132. The molecule has 1 N–H and O–H groups in total. The number of hydrogen-bond donors (Lipinski definition) is 1. The average molecular weight is 383 g/mol. The van der Waals surface area contributed by atoms with Crippen molar-refractivity contribution in [2.24, 2.45) is 11.8 Å². The molecule has 0 spiro atoms. The lowest BCUT2D eigenvalue weighted by atomic mass is 9.80. The summed E-state index contributed by atoms with van der Waals surface area (Å²) >= 11 is 1.62. The Bertz CT molecular complexity index is 854. The predicted octanol–water partition coefficient (Wildman–Crippen LogP) is 5.16. The third-order valence-corrected chi connectivity index (χ3v) is 6.33. The summed E-state index contributed by atoms with van der Waals surface area (Å²) in [6.45, 7) is 6.67. The summed E-state index contributed by atoms with van der Waals surface area (Å²) in [7, 11) is 0. The third-order valence-electron chi connectivity index (χ3n) is 5.29. The van der Waals surface area contributed by atoms with Crippen molar-refractivity contribution in [1.82, 2.24) is 15.2 Å². The van der Waals surface area contributed by atoms with E-state index in [0.717, 1.165) is 42.0 Å². The summed E-state index contributed by atoms with van der Waals surface area (Å²) in [5.41, 5.74) is 4.22. The van der Waals surface area contributed by atoms with Gasteiger partial charge in [-0.05, 0) is 38.2 Å². The minimum atomic E-state index is -0.132. The van der Waals surface area contributed by atoms with E-state index in [4.69, 9.17) is 9.72 Å². The van der Waals surface area contributed by atoms with Gasteiger partial charge in [-0.2, -0.15) is 4.98 Å². The molecule has 0 fully saturated rings. The van der Waals surface area contributed by atoms with Gasteiger partial charge in [0.05, 0.1) is 0 Å². The van der Waals surface area contributed by atoms with E-state index in [1.807, 2.05) is 12.1 Å². The fraction of sp³-hybridized carbons (Fsp3) is 0.476. The molecule has 0 saturated heterocycles. The summed E-state index contributed by atoms with van der Waals surface area (Å²) in [4.78, 5) is 4.71. The van der Waals surface area contributed by atoms with Crippen molar-refractivity contribution in [2.45, 2.75) is 51.4 Å². The van der Waals surface area contributed by atoms with Crippen LogP contribution in [0.3, 0.4) is 0 Å². The highest BCUT2D eigenvalue weighted by Crippen LogP contribution is 2.40. The van der Waals surface area contributed by atoms with Gasteiger partial charge in [-0.15, -0.1) is 10.2 Å². The number of thioether (sulfide) groups is 1. The van der Waals surface area contributed by atoms with Crippen LogP contribution in [0.1, 0.15) is 40.0 Å². The molecule has 27 heavy (non-hydrogen) atoms. The molecule has 142 valence electrons. The zero-order valence-corrected chi connectivity index (χ0v) is 16.9. The molecular weight excluding hydrogens is 356 g/mol. The summed E-state index contributed by atoms with van der Waals surface area (Å²) in [6.07, 6.45) is 5.41. The second-order valence-electron chi connectivity index (χ2n) is 7.46. The lowest BCUT2D eigenvalue weighted by molar-refractivity contribution is 0.114. The van der Waals surface area contributed by atoms with Crippen LogP contribution in [-0.2, 0) is 0 Å². The van der Waals surface area contributed by atoms with Gasteiger partial charge in [0.1, 0.15) is 0 Å². The van der Waals surface area contributed by atoms with Crippen molar-refractivity contribution < 1.29 is 4.74 Å². The molecule has 1 aliphatic carbocycles. The van der Waals surface area contributed by atoms with E-state index in [2.05, 4.69) is 54.5 Å². The number of para-hydroxylation sites is 1. The second-order valence-corrected chi connectivity index (χ2v) is 8.52. The highest BCUT2D eigenvalue weighted by Gasteiger charge is 2.34. The first-order chi connectivity index (χ1) is 13.2. The smallest absolute Gasteiger partial charge is 0.247 e. The molecule has 2 aliphatic rings. The number of nitrogens with one attached hydrogen (secondary N) is 1. The van der Waals surface area contributed by atoms with Crippen molar-refractivity contribution in [1.29, 1.82) is 0 Å². The maximum atomic E-state index is 6.44. The van der Waals surface area contributed by atoms with Gasteiger partial charge >= 0.3 is 0 Å². The molecule has 0 saturated carbocycles. The first-order valence-electron chi connectivity index (χ1n) is 9.71. The fourth-order valence-corrected chi connectivity index (χ4v) is 4.48. The van der Waals surface area contributed by atoms with Gasteiger partial charge < -0.3 is 10.1 Å². The molecule has 1 aromatic heterocycles. The van der Waals surface area contributed by atoms with Crippen LogP contribution in [0.5, 0.6) is 5.88 Å². The van der Waals surface area contributed by atoms with Crippen molar-refractivity contribution in [3.8, 4) is 17.1 Å². The van der Waals surface area contributed by atoms with E-state index in [0.29, 0.717) is 22.9 Å². The zero-order valence-electron chi connectivity index (χ0n) is 16.1. The molecule has 2 aromatic rings. The minimum Gasteiger partial charge on any atom is -0.452 e. The Balaban J connectivity index is 1.72. The van der Waals surface area contributed by atoms with Crippen LogP contribution in [0.2, 0.25) is 0 Å². The second kappa shape index (κ2) is 7.89. The lowest BCUT2D eigenvalue weighted by Crippen LogP contribution is -2.39. The Morgan fingerprint density at radius 1 is 1.26 bits per heavy atom. The molecule has 4 rings (SSSR count). The van der Waals surface area contributed by atoms with Crippen LogP contribution >= 0.6 is 11.8 Å². The fourth-order valence-electron chi connectivity index (χ4n) is 3.85. The maximum Gasteiger partial charge on any atom is 0.247 e. The van der Waals surface area contributed by atoms with Gasteiger partial charge in [0.2, 0.25) is 11.0 Å². The Morgan fingerprint density at radius 3 is 2.93 bits per heavy atom. The topological polar surface area (TPSA) is 59.9 Å². The Hall–Kier alpha value is -2.08. The third kappa shape index (κ3) is 3.81. The number of aromatic nitrogens is 3. The average Bonchev–Trinajstić information content (AvgIpc) is 2.82. The van der Waals surface area contributed by atoms with Crippen LogP contribution in [0.25, 0.3) is 11.3 Å². The summed E-state index contributed by atoms with van der Waals surface area (Å²) in [5, 5.41) is 13.1. The van der Waals surface area contributed by atoms with Gasteiger partial charge in [-0.3, -0.25) is 0 Å². The predicted molar refractivity (Wildman–Crippen MR) is 110 cm³/mol. The van der Waals surface area contributed by atoms with Crippen LogP contribution in [0, 0.1) is 11.8 Å². The first kappa shape index (κ1) is 18.3. The standard InChI is InChI=1S/C21H26N4OS/c1-4-11-27-21-23-20-18(24-25-21)16-7-5-6-8-17(16)22-19(26-20)15-10-9-13(2)12-14(15)3/h5-9,14-15,19,22H,4,10-12H2,1-3H3/t14-,15-,19-/m0/s1. The number of rotatable bonds is 4. The number of nitrogens with zero attached hydrogens (tertiary/aromatic N) is 3. The van der Waals surface area contributed by atoms with E-state index in [9.17, 15) is 0 Å². The van der Waals surface area contributed by atoms with Crippen molar-refractivity contribution in [3.05, 3.63) is 35.9 Å². The largest absolute Gasteiger partial charge is 0.452 e. The molecule has 2 heterocycles. The first-order valence-corrected chi connectivity index (χ1v) is 10.7. The molecule has 0 bridgehead atoms. The maximum absolute atomic E-state index is 6.44. The Morgan fingerprint density at radius 2 is 2.11 bits per heavy atom. The van der Waals surface area contributed by atoms with E-state index in [1.165, 1.54) is 5.57 Å².